The molecule has 2 aromatic carbocycles. The van der Waals surface area contributed by atoms with Crippen LogP contribution in [0, 0.1) is 0 Å². The minimum atomic E-state index is -0.447. The molecule has 132 valence electrons. The molecule has 1 fully saturated rings. The maximum absolute atomic E-state index is 12.3. The van der Waals surface area contributed by atoms with Crippen molar-refractivity contribution in [2.45, 2.75) is 25.5 Å². The third-order valence-corrected chi connectivity index (χ3v) is 4.22. The summed E-state index contributed by atoms with van der Waals surface area (Å²) in [5.41, 5.74) is 0.672. The first kappa shape index (κ1) is 17.1. The number of likely N-dealkylation sites (tertiary alicyclic amines) is 1. The number of amides is 2. The van der Waals surface area contributed by atoms with Crippen LogP contribution in [0.3, 0.4) is 0 Å². The van der Waals surface area contributed by atoms with Gasteiger partial charge in [0, 0.05) is 18.3 Å². The molecule has 1 aliphatic heterocycles. The highest BCUT2D eigenvalue weighted by molar-refractivity contribution is 5.89. The van der Waals surface area contributed by atoms with Crippen LogP contribution >= 0.6 is 0 Å². The number of carbonyl (C=O) groups excluding carboxylic acids is 1. The van der Waals surface area contributed by atoms with Gasteiger partial charge in [-0.25, -0.2) is 4.79 Å². The van der Waals surface area contributed by atoms with Crippen LogP contribution in [-0.2, 0) is 0 Å². The lowest BCUT2D eigenvalue weighted by atomic mass is 10.2. The number of nitrogens with zero attached hydrogens (tertiary/aromatic N) is 1. The number of hydrogen-bond acceptors (Lipinski definition) is 4. The Kier molecular flexibility index (Phi) is 5.09. The van der Waals surface area contributed by atoms with E-state index in [1.54, 1.807) is 36.3 Å². The largest absolute Gasteiger partial charge is 0.493 e. The second kappa shape index (κ2) is 7.44. The molecule has 2 amide bonds. The highest BCUT2D eigenvalue weighted by Gasteiger charge is 2.31. The fourth-order valence-electron chi connectivity index (χ4n) is 2.92. The van der Waals surface area contributed by atoms with E-state index in [0.29, 0.717) is 35.9 Å². The fourth-order valence-corrected chi connectivity index (χ4v) is 2.92. The summed E-state index contributed by atoms with van der Waals surface area (Å²) < 4.78 is 11.1. The zero-order valence-electron chi connectivity index (χ0n) is 14.3. The topological polar surface area (TPSA) is 71.0 Å². The molecule has 0 bridgehead atoms. The molecular formula is C19H22N2O4. The number of β-amino-alcohol motifs (C(OH)–C–C–N with tert-alkyl or cyclic N) is 1. The number of hydrogen-bond donors (Lipinski definition) is 2. The number of para-hydroxylation sites is 2. The van der Waals surface area contributed by atoms with Crippen LogP contribution in [-0.4, -0.2) is 41.8 Å². The number of aliphatic hydroxyl groups excluding tert-OH is 1. The second-order valence-corrected chi connectivity index (χ2v) is 6.10. The Labute approximate surface area is 147 Å². The van der Waals surface area contributed by atoms with Gasteiger partial charge in [-0.2, -0.15) is 0 Å². The normalized spacial score (nSPS) is 19.6. The third-order valence-electron chi connectivity index (χ3n) is 4.22. The molecule has 0 unspecified atom stereocenters. The first-order valence-corrected chi connectivity index (χ1v) is 8.23. The van der Waals surface area contributed by atoms with Gasteiger partial charge in [-0.15, -0.1) is 0 Å². The van der Waals surface area contributed by atoms with Crippen LogP contribution in [0.25, 0.3) is 0 Å². The summed E-state index contributed by atoms with van der Waals surface area (Å²) in [6.07, 6.45) is 0.163. The van der Waals surface area contributed by atoms with Gasteiger partial charge in [-0.05, 0) is 49.7 Å². The standard InChI is InChI=1S/C19H22N2O4/c1-13-11-15(22)12-21(13)19(23)20-14-7-9-16(10-8-14)25-18-6-4-3-5-17(18)24-2/h3-10,13,15,22H,11-12H2,1-2H3,(H,20,23)/t13-,15+/m1/s1. The number of rotatable bonds is 4. The highest BCUT2D eigenvalue weighted by Crippen LogP contribution is 2.31. The Morgan fingerprint density at radius 3 is 2.44 bits per heavy atom. The molecular weight excluding hydrogens is 320 g/mol. The lowest BCUT2D eigenvalue weighted by Gasteiger charge is -2.21. The number of urea groups is 1. The van der Waals surface area contributed by atoms with E-state index in [9.17, 15) is 9.90 Å². The first-order chi connectivity index (χ1) is 12.1. The van der Waals surface area contributed by atoms with Gasteiger partial charge in [0.15, 0.2) is 11.5 Å². The van der Waals surface area contributed by atoms with Crippen LogP contribution in [0.1, 0.15) is 13.3 Å². The maximum Gasteiger partial charge on any atom is 0.322 e. The molecule has 1 aliphatic rings. The number of nitrogens with one attached hydrogen (secondary N) is 1. The van der Waals surface area contributed by atoms with Gasteiger partial charge < -0.3 is 24.8 Å². The molecule has 0 radical (unpaired) electrons. The smallest absolute Gasteiger partial charge is 0.322 e. The maximum atomic E-state index is 12.3. The zero-order valence-corrected chi connectivity index (χ0v) is 14.3. The number of aliphatic hydroxyl groups is 1. The van der Waals surface area contributed by atoms with E-state index in [1.807, 2.05) is 31.2 Å². The molecule has 0 aliphatic carbocycles. The van der Waals surface area contributed by atoms with Crippen molar-refractivity contribution in [1.82, 2.24) is 4.90 Å². The van der Waals surface area contributed by atoms with Crippen molar-refractivity contribution in [3.8, 4) is 17.2 Å². The molecule has 6 nitrogen and oxygen atoms in total. The average Bonchev–Trinajstić information content (AvgIpc) is 2.95. The molecule has 0 saturated carbocycles. The number of anilines is 1. The summed E-state index contributed by atoms with van der Waals surface area (Å²) in [6.45, 7) is 2.29. The second-order valence-electron chi connectivity index (χ2n) is 6.10. The van der Waals surface area contributed by atoms with Crippen LogP contribution in [0.5, 0.6) is 17.2 Å². The Morgan fingerprint density at radius 2 is 1.84 bits per heavy atom. The molecule has 1 heterocycles. The predicted molar refractivity (Wildman–Crippen MR) is 95.3 cm³/mol. The van der Waals surface area contributed by atoms with Crippen molar-refractivity contribution in [2.75, 3.05) is 19.0 Å². The Morgan fingerprint density at radius 1 is 1.16 bits per heavy atom. The Balaban J connectivity index is 1.63. The summed E-state index contributed by atoms with van der Waals surface area (Å²) in [5.74, 6) is 1.93. The average molecular weight is 342 g/mol. The molecule has 2 aromatic rings. The van der Waals surface area contributed by atoms with Gasteiger partial charge in [0.25, 0.3) is 0 Å². The van der Waals surface area contributed by atoms with Crippen LogP contribution < -0.4 is 14.8 Å². The highest BCUT2D eigenvalue weighted by atomic mass is 16.5. The van der Waals surface area contributed by atoms with Crippen LogP contribution in [0.2, 0.25) is 0 Å². The minimum Gasteiger partial charge on any atom is -0.493 e. The van der Waals surface area contributed by atoms with Crippen molar-refractivity contribution >= 4 is 11.7 Å². The van der Waals surface area contributed by atoms with E-state index in [4.69, 9.17) is 9.47 Å². The molecule has 0 aromatic heterocycles. The molecule has 2 N–H and O–H groups in total. The van der Waals surface area contributed by atoms with Crippen molar-refractivity contribution < 1.29 is 19.4 Å². The third kappa shape index (κ3) is 4.03. The predicted octanol–water partition coefficient (Wildman–Crippen LogP) is 3.47. The van der Waals surface area contributed by atoms with E-state index in [1.165, 1.54) is 0 Å². The zero-order chi connectivity index (χ0) is 17.8. The molecule has 3 rings (SSSR count). The number of carbonyl (C=O) groups is 1. The SMILES string of the molecule is COc1ccccc1Oc1ccc(NC(=O)N2C[C@@H](O)C[C@H]2C)cc1. The van der Waals surface area contributed by atoms with E-state index in [-0.39, 0.29) is 12.1 Å². The lowest BCUT2D eigenvalue weighted by Crippen LogP contribution is -2.37. The first-order valence-electron chi connectivity index (χ1n) is 8.23. The monoisotopic (exact) mass is 342 g/mol. The van der Waals surface area contributed by atoms with E-state index in [2.05, 4.69) is 5.32 Å². The van der Waals surface area contributed by atoms with Crippen LogP contribution in [0.15, 0.2) is 48.5 Å². The fraction of sp³-hybridized carbons (Fsp3) is 0.316. The number of ether oxygens (including phenoxy) is 2. The molecule has 0 spiro atoms. The Bertz CT molecular complexity index is 732. The van der Waals surface area contributed by atoms with Gasteiger partial charge in [-0.1, -0.05) is 12.1 Å². The van der Waals surface area contributed by atoms with Crippen molar-refractivity contribution in [2.24, 2.45) is 0 Å². The molecule has 25 heavy (non-hydrogen) atoms. The van der Waals surface area contributed by atoms with E-state index in [0.717, 1.165) is 0 Å². The van der Waals surface area contributed by atoms with Gasteiger partial charge >= 0.3 is 6.03 Å². The van der Waals surface area contributed by atoms with Crippen molar-refractivity contribution in [3.05, 3.63) is 48.5 Å². The number of benzene rings is 2. The quantitative estimate of drug-likeness (QED) is 0.892. The molecule has 1 saturated heterocycles. The van der Waals surface area contributed by atoms with Gasteiger partial charge in [-0.3, -0.25) is 0 Å². The van der Waals surface area contributed by atoms with Gasteiger partial charge in [0.05, 0.1) is 13.2 Å². The van der Waals surface area contributed by atoms with Crippen molar-refractivity contribution in [1.29, 1.82) is 0 Å². The summed E-state index contributed by atoms with van der Waals surface area (Å²) in [7, 11) is 1.59. The van der Waals surface area contributed by atoms with Gasteiger partial charge in [0.2, 0.25) is 0 Å². The van der Waals surface area contributed by atoms with E-state index >= 15 is 0 Å². The van der Waals surface area contributed by atoms with Crippen LogP contribution in [0.4, 0.5) is 10.5 Å². The number of methoxy groups -OCH3 is 1. The van der Waals surface area contributed by atoms with E-state index < -0.39 is 6.10 Å². The molecule has 2 atom stereocenters. The minimum absolute atomic E-state index is 0.0307. The van der Waals surface area contributed by atoms with Gasteiger partial charge in [0.1, 0.15) is 5.75 Å². The summed E-state index contributed by atoms with van der Waals surface area (Å²) >= 11 is 0. The summed E-state index contributed by atoms with van der Waals surface area (Å²) in [6, 6.07) is 14.3. The Hall–Kier alpha value is -2.73. The van der Waals surface area contributed by atoms with Crippen molar-refractivity contribution in [3.63, 3.8) is 0 Å². The summed E-state index contributed by atoms with van der Waals surface area (Å²) in [4.78, 5) is 13.9. The lowest BCUT2D eigenvalue weighted by molar-refractivity contribution is 0.176. The molecule has 6 heteroatoms. The summed E-state index contributed by atoms with van der Waals surface area (Å²) in [5, 5.41) is 12.5.